The summed E-state index contributed by atoms with van der Waals surface area (Å²) in [5.41, 5.74) is 0.337. The molecule has 0 bridgehead atoms. The van der Waals surface area contributed by atoms with E-state index in [-0.39, 0.29) is 12.5 Å². The van der Waals surface area contributed by atoms with E-state index >= 15 is 0 Å². The molecule has 0 atom stereocenters. The molecule has 1 aromatic heterocycles. The molecule has 0 saturated carbocycles. The summed E-state index contributed by atoms with van der Waals surface area (Å²) in [6.07, 6.45) is 3.57. The van der Waals surface area contributed by atoms with Gasteiger partial charge in [0.05, 0.1) is 17.5 Å². The normalized spacial score (nSPS) is 12.4. The molecular weight excluding hydrogens is 276 g/mol. The van der Waals surface area contributed by atoms with Gasteiger partial charge in [0.1, 0.15) is 11.5 Å². The zero-order chi connectivity index (χ0) is 14.8. The number of nitrogens with one attached hydrogen (secondary N) is 1. The molecule has 1 aliphatic rings. The summed E-state index contributed by atoms with van der Waals surface area (Å²) in [7, 11) is 0. The number of nitro groups is 1. The Labute approximate surface area is 120 Å². The second-order valence-electron chi connectivity index (χ2n) is 4.46. The molecule has 3 rings (SSSR count). The van der Waals surface area contributed by atoms with Crippen LogP contribution >= 0.6 is 0 Å². The van der Waals surface area contributed by atoms with Gasteiger partial charge in [0.2, 0.25) is 6.79 Å². The number of anilines is 1. The Morgan fingerprint density at radius 2 is 2.19 bits per heavy atom. The average Bonchev–Trinajstić information content (AvgIpc) is 3.11. The first kappa shape index (κ1) is 13.2. The molecule has 0 amide bonds. The minimum Gasteiger partial charge on any atom is -0.454 e. The lowest BCUT2D eigenvalue weighted by Crippen LogP contribution is -2.08. The largest absolute Gasteiger partial charge is 0.454 e. The lowest BCUT2D eigenvalue weighted by molar-refractivity contribution is -0.384. The number of aryl methyl sites for hydroxylation is 1. The van der Waals surface area contributed by atoms with Crippen LogP contribution in [-0.4, -0.2) is 21.3 Å². The number of imidazole rings is 1. The lowest BCUT2D eigenvalue weighted by atomic mass is 10.2. The molecule has 2 heterocycles. The maximum absolute atomic E-state index is 11.2. The van der Waals surface area contributed by atoms with Gasteiger partial charge in [-0.2, -0.15) is 0 Å². The van der Waals surface area contributed by atoms with Crippen molar-refractivity contribution in [1.82, 2.24) is 9.55 Å². The number of fused-ring (bicyclic) bond motifs is 1. The van der Waals surface area contributed by atoms with Gasteiger partial charge in [0.25, 0.3) is 5.69 Å². The molecule has 1 aliphatic heterocycles. The van der Waals surface area contributed by atoms with Crippen LogP contribution < -0.4 is 14.8 Å². The van der Waals surface area contributed by atoms with Crippen molar-refractivity contribution in [3.63, 3.8) is 0 Å². The average molecular weight is 290 g/mol. The molecule has 1 N–H and O–H groups in total. The van der Waals surface area contributed by atoms with Crippen molar-refractivity contribution in [2.75, 3.05) is 12.1 Å². The Hall–Kier alpha value is -2.77. The van der Waals surface area contributed by atoms with Crippen LogP contribution in [0.1, 0.15) is 12.7 Å². The maximum Gasteiger partial charge on any atom is 0.296 e. The Kier molecular flexibility index (Phi) is 3.35. The molecule has 8 heteroatoms. The van der Waals surface area contributed by atoms with Crippen LogP contribution in [0, 0.1) is 10.1 Å². The van der Waals surface area contributed by atoms with Crippen LogP contribution in [0.5, 0.6) is 11.5 Å². The Bertz CT molecular complexity index is 683. The summed E-state index contributed by atoms with van der Waals surface area (Å²) >= 11 is 0. The third-order valence-electron chi connectivity index (χ3n) is 3.27. The van der Waals surface area contributed by atoms with Crippen molar-refractivity contribution in [2.45, 2.75) is 20.0 Å². The highest BCUT2D eigenvalue weighted by molar-refractivity contribution is 5.68. The van der Waals surface area contributed by atoms with Crippen molar-refractivity contribution in [3.8, 4) is 11.5 Å². The number of nitrogens with zero attached hydrogens (tertiary/aromatic N) is 3. The minimum absolute atomic E-state index is 0.0474. The van der Waals surface area contributed by atoms with Crippen LogP contribution in [0.4, 0.5) is 11.4 Å². The van der Waals surface area contributed by atoms with Crippen molar-refractivity contribution >= 4 is 11.4 Å². The summed E-state index contributed by atoms with van der Waals surface area (Å²) in [5.74, 6) is 1.70. The van der Waals surface area contributed by atoms with E-state index in [0.29, 0.717) is 23.7 Å². The van der Waals surface area contributed by atoms with Crippen LogP contribution in [0.15, 0.2) is 24.5 Å². The molecule has 110 valence electrons. The smallest absolute Gasteiger partial charge is 0.296 e. The van der Waals surface area contributed by atoms with E-state index in [1.165, 1.54) is 6.07 Å². The van der Waals surface area contributed by atoms with E-state index < -0.39 is 4.92 Å². The van der Waals surface area contributed by atoms with Gasteiger partial charge in [0.15, 0.2) is 11.5 Å². The van der Waals surface area contributed by atoms with Gasteiger partial charge >= 0.3 is 0 Å². The standard InChI is InChI=1S/C13H14N4O4/c1-2-16-4-3-14-13(16)7-15-9-5-11-12(21-8-20-11)6-10(9)17(18)19/h3-6,15H,2,7-8H2,1H3. The molecule has 1 aromatic carbocycles. The maximum atomic E-state index is 11.2. The van der Waals surface area contributed by atoms with Gasteiger partial charge in [-0.25, -0.2) is 4.98 Å². The third kappa shape index (κ3) is 2.47. The van der Waals surface area contributed by atoms with Crippen LogP contribution in [0.2, 0.25) is 0 Å². The first-order chi connectivity index (χ1) is 10.2. The number of rotatable bonds is 5. The summed E-state index contributed by atoms with van der Waals surface area (Å²) in [5, 5.41) is 14.2. The first-order valence-corrected chi connectivity index (χ1v) is 6.51. The molecule has 0 saturated heterocycles. The molecule has 8 nitrogen and oxygen atoms in total. The summed E-state index contributed by atoms with van der Waals surface area (Å²) in [6.45, 7) is 3.27. The first-order valence-electron chi connectivity index (χ1n) is 6.51. The Morgan fingerprint density at radius 1 is 1.43 bits per heavy atom. The Balaban J connectivity index is 1.86. The molecule has 2 aromatic rings. The SMILES string of the molecule is CCn1ccnc1CNc1cc2c(cc1[N+](=O)[O-])OCO2. The van der Waals surface area contributed by atoms with Gasteiger partial charge in [-0.05, 0) is 6.92 Å². The summed E-state index contributed by atoms with van der Waals surface area (Å²) in [4.78, 5) is 14.9. The predicted molar refractivity (Wildman–Crippen MR) is 74.4 cm³/mol. The van der Waals surface area contributed by atoms with E-state index in [2.05, 4.69) is 10.3 Å². The fraction of sp³-hybridized carbons (Fsp3) is 0.308. The number of nitro benzene ring substituents is 1. The summed E-state index contributed by atoms with van der Waals surface area (Å²) in [6, 6.07) is 2.96. The molecule has 0 radical (unpaired) electrons. The second kappa shape index (κ2) is 5.31. The van der Waals surface area contributed by atoms with Crippen molar-refractivity contribution in [2.24, 2.45) is 0 Å². The monoisotopic (exact) mass is 290 g/mol. The number of hydrogen-bond acceptors (Lipinski definition) is 6. The van der Waals surface area contributed by atoms with Crippen molar-refractivity contribution in [3.05, 3.63) is 40.5 Å². The van der Waals surface area contributed by atoms with E-state index in [9.17, 15) is 10.1 Å². The van der Waals surface area contributed by atoms with Crippen molar-refractivity contribution < 1.29 is 14.4 Å². The van der Waals surface area contributed by atoms with E-state index in [1.54, 1.807) is 12.3 Å². The van der Waals surface area contributed by atoms with Crippen LogP contribution in [0.3, 0.4) is 0 Å². The number of aromatic nitrogens is 2. The quantitative estimate of drug-likeness (QED) is 0.670. The molecule has 21 heavy (non-hydrogen) atoms. The van der Waals surface area contributed by atoms with Gasteiger partial charge in [0, 0.05) is 25.0 Å². The van der Waals surface area contributed by atoms with Crippen molar-refractivity contribution in [1.29, 1.82) is 0 Å². The van der Waals surface area contributed by atoms with Gasteiger partial charge in [-0.3, -0.25) is 10.1 Å². The van der Waals surface area contributed by atoms with E-state index in [4.69, 9.17) is 9.47 Å². The van der Waals surface area contributed by atoms with Crippen LogP contribution in [-0.2, 0) is 13.1 Å². The third-order valence-corrected chi connectivity index (χ3v) is 3.27. The summed E-state index contributed by atoms with van der Waals surface area (Å²) < 4.78 is 12.4. The lowest BCUT2D eigenvalue weighted by Gasteiger charge is -2.09. The van der Waals surface area contributed by atoms with E-state index in [1.807, 2.05) is 17.7 Å². The Morgan fingerprint density at radius 3 is 2.90 bits per heavy atom. The topological polar surface area (TPSA) is 91.5 Å². The minimum atomic E-state index is -0.448. The zero-order valence-electron chi connectivity index (χ0n) is 11.4. The van der Waals surface area contributed by atoms with E-state index in [0.717, 1.165) is 12.4 Å². The van der Waals surface area contributed by atoms with Gasteiger partial charge in [-0.15, -0.1) is 0 Å². The number of benzene rings is 1. The fourth-order valence-electron chi connectivity index (χ4n) is 2.19. The molecular formula is C13H14N4O4. The van der Waals surface area contributed by atoms with Crippen LogP contribution in [0.25, 0.3) is 0 Å². The predicted octanol–water partition coefficient (Wildman–Crippen LogP) is 2.15. The number of hydrogen-bond donors (Lipinski definition) is 1. The molecule has 0 unspecified atom stereocenters. The van der Waals surface area contributed by atoms with Gasteiger partial charge in [-0.1, -0.05) is 0 Å². The molecule has 0 fully saturated rings. The second-order valence-corrected chi connectivity index (χ2v) is 4.46. The highest BCUT2D eigenvalue weighted by Gasteiger charge is 2.23. The van der Waals surface area contributed by atoms with Gasteiger partial charge < -0.3 is 19.4 Å². The highest BCUT2D eigenvalue weighted by atomic mass is 16.7. The number of ether oxygens (including phenoxy) is 2. The zero-order valence-corrected chi connectivity index (χ0v) is 11.4. The fourth-order valence-corrected chi connectivity index (χ4v) is 2.19. The molecule has 0 aliphatic carbocycles. The molecule has 0 spiro atoms. The highest BCUT2D eigenvalue weighted by Crippen LogP contribution is 2.40.